The van der Waals surface area contributed by atoms with Gasteiger partial charge in [0.2, 0.25) is 10.0 Å². The van der Waals surface area contributed by atoms with Gasteiger partial charge in [-0.3, -0.25) is 4.31 Å². The van der Waals surface area contributed by atoms with Crippen LogP contribution >= 0.6 is 0 Å². The molecule has 0 fully saturated rings. The van der Waals surface area contributed by atoms with Crippen LogP contribution in [0.1, 0.15) is 11.1 Å². The molecule has 6 nitrogen and oxygen atoms in total. The number of rotatable bonds is 5. The maximum Gasteiger partial charge on any atom is 0.416 e. The normalized spacial score (nSPS) is 13.9. The predicted octanol–water partition coefficient (Wildman–Crippen LogP) is 3.22. The van der Waals surface area contributed by atoms with Crippen molar-refractivity contribution in [3.63, 3.8) is 0 Å². The van der Waals surface area contributed by atoms with E-state index in [2.05, 4.69) is 10.6 Å². The second kappa shape index (κ2) is 7.70. The summed E-state index contributed by atoms with van der Waals surface area (Å²) in [5.74, 6) is -0.290. The maximum absolute atomic E-state index is 12.5. The zero-order valence-electron chi connectivity index (χ0n) is 14.7. The summed E-state index contributed by atoms with van der Waals surface area (Å²) in [4.78, 5) is 11.8. The Labute approximate surface area is 160 Å². The molecular formula is C18H18F3N3O3S. The van der Waals surface area contributed by atoms with E-state index in [1.54, 1.807) is 12.1 Å². The third-order valence-electron chi connectivity index (χ3n) is 4.30. The first-order valence-corrected chi connectivity index (χ1v) is 10.1. The van der Waals surface area contributed by atoms with Crippen molar-refractivity contribution in [2.75, 3.05) is 28.5 Å². The Morgan fingerprint density at radius 3 is 2.43 bits per heavy atom. The monoisotopic (exact) mass is 413 g/mol. The van der Waals surface area contributed by atoms with E-state index < -0.39 is 27.8 Å². The Morgan fingerprint density at radius 1 is 1.07 bits per heavy atom. The van der Waals surface area contributed by atoms with E-state index in [9.17, 15) is 26.4 Å². The second-order valence-electron chi connectivity index (χ2n) is 6.22. The van der Waals surface area contributed by atoms with Gasteiger partial charge in [0.25, 0.3) is 0 Å². The molecule has 2 aromatic carbocycles. The molecule has 3 rings (SSSR count). The second-order valence-corrected chi connectivity index (χ2v) is 8.24. The molecule has 2 amide bonds. The number of amides is 2. The van der Waals surface area contributed by atoms with Crippen LogP contribution in [-0.2, 0) is 22.6 Å². The van der Waals surface area contributed by atoms with Crippen LogP contribution in [0.4, 0.5) is 29.3 Å². The molecule has 0 aromatic heterocycles. The molecule has 2 aromatic rings. The van der Waals surface area contributed by atoms with Gasteiger partial charge < -0.3 is 10.6 Å². The Hall–Kier alpha value is -2.75. The van der Waals surface area contributed by atoms with Gasteiger partial charge in [0.05, 0.1) is 17.0 Å². The van der Waals surface area contributed by atoms with Crippen molar-refractivity contribution >= 4 is 27.4 Å². The summed E-state index contributed by atoms with van der Waals surface area (Å²) < 4.78 is 63.9. The van der Waals surface area contributed by atoms with Gasteiger partial charge >= 0.3 is 12.2 Å². The fourth-order valence-corrected chi connectivity index (χ4v) is 4.35. The summed E-state index contributed by atoms with van der Waals surface area (Å²) in [6.07, 6.45) is -3.82. The minimum atomic E-state index is -4.46. The average Bonchev–Trinajstić information content (AvgIpc) is 3.06. The molecule has 0 aliphatic carbocycles. The molecule has 150 valence electrons. The number of nitrogens with one attached hydrogen (secondary N) is 2. The molecule has 0 saturated carbocycles. The van der Waals surface area contributed by atoms with Crippen LogP contribution in [0, 0.1) is 0 Å². The van der Waals surface area contributed by atoms with Crippen LogP contribution in [0.25, 0.3) is 0 Å². The van der Waals surface area contributed by atoms with Gasteiger partial charge in [0, 0.05) is 18.8 Å². The quantitative estimate of drug-likeness (QED) is 0.790. The van der Waals surface area contributed by atoms with Gasteiger partial charge in [-0.2, -0.15) is 13.2 Å². The van der Waals surface area contributed by atoms with E-state index in [0.29, 0.717) is 18.7 Å². The highest BCUT2D eigenvalue weighted by Gasteiger charge is 2.30. The predicted molar refractivity (Wildman–Crippen MR) is 99.7 cm³/mol. The van der Waals surface area contributed by atoms with Crippen LogP contribution in [0.2, 0.25) is 0 Å². The molecule has 1 aliphatic rings. The first kappa shape index (κ1) is 20.0. The van der Waals surface area contributed by atoms with Gasteiger partial charge in [-0.25, -0.2) is 13.2 Å². The molecule has 1 heterocycles. The fraction of sp³-hybridized carbons (Fsp3) is 0.278. The van der Waals surface area contributed by atoms with E-state index in [-0.39, 0.29) is 18.0 Å². The summed E-state index contributed by atoms with van der Waals surface area (Å²) in [6.45, 7) is 0.229. The lowest BCUT2D eigenvalue weighted by Crippen LogP contribution is -2.38. The standard InChI is InChI=1S/C18H18F3N3O3S/c19-18(20,21)14-5-7-15(8-6-14)23-17(25)22-10-12-28(26,27)24-11-9-13-3-1-2-4-16(13)24/h1-8H,9-12H2,(H2,22,23,25). The van der Waals surface area contributed by atoms with Crippen molar-refractivity contribution in [1.29, 1.82) is 0 Å². The van der Waals surface area contributed by atoms with Crippen molar-refractivity contribution < 1.29 is 26.4 Å². The van der Waals surface area contributed by atoms with Crippen molar-refractivity contribution in [1.82, 2.24) is 5.32 Å². The van der Waals surface area contributed by atoms with Gasteiger partial charge in [0.1, 0.15) is 0 Å². The van der Waals surface area contributed by atoms with Gasteiger partial charge in [-0.05, 0) is 42.3 Å². The van der Waals surface area contributed by atoms with Crippen LogP contribution in [-0.4, -0.2) is 33.3 Å². The molecule has 10 heteroatoms. The number of sulfonamides is 1. The number of anilines is 2. The van der Waals surface area contributed by atoms with E-state index in [4.69, 9.17) is 0 Å². The minimum Gasteiger partial charge on any atom is -0.337 e. The molecule has 1 aliphatic heterocycles. The van der Waals surface area contributed by atoms with Crippen LogP contribution in [0.15, 0.2) is 48.5 Å². The number of benzene rings is 2. The first-order chi connectivity index (χ1) is 13.2. The number of fused-ring (bicyclic) bond motifs is 1. The molecule has 0 radical (unpaired) electrons. The molecule has 0 atom stereocenters. The first-order valence-electron chi connectivity index (χ1n) is 8.47. The van der Waals surface area contributed by atoms with Gasteiger partial charge in [-0.15, -0.1) is 0 Å². The van der Waals surface area contributed by atoms with E-state index in [0.717, 1.165) is 29.8 Å². The fourth-order valence-electron chi connectivity index (χ4n) is 2.92. The average molecular weight is 413 g/mol. The van der Waals surface area contributed by atoms with Crippen molar-refractivity contribution in [2.24, 2.45) is 0 Å². The Kier molecular flexibility index (Phi) is 5.50. The van der Waals surface area contributed by atoms with Crippen molar-refractivity contribution in [3.8, 4) is 0 Å². The number of nitrogens with zero attached hydrogens (tertiary/aromatic N) is 1. The number of para-hydroxylation sites is 1. The molecule has 0 unspecified atom stereocenters. The number of carbonyl (C=O) groups excluding carboxylic acids is 1. The van der Waals surface area contributed by atoms with Crippen molar-refractivity contribution in [3.05, 3.63) is 59.7 Å². The van der Waals surface area contributed by atoms with Gasteiger partial charge in [-0.1, -0.05) is 18.2 Å². The lowest BCUT2D eigenvalue weighted by molar-refractivity contribution is -0.137. The number of carbonyl (C=O) groups is 1. The zero-order valence-corrected chi connectivity index (χ0v) is 15.5. The molecule has 2 N–H and O–H groups in total. The largest absolute Gasteiger partial charge is 0.416 e. The SMILES string of the molecule is O=C(NCCS(=O)(=O)N1CCc2ccccc21)Nc1ccc(C(F)(F)F)cc1. The lowest BCUT2D eigenvalue weighted by Gasteiger charge is -2.19. The third-order valence-corrected chi connectivity index (χ3v) is 6.07. The summed E-state index contributed by atoms with van der Waals surface area (Å²) in [7, 11) is -3.60. The Morgan fingerprint density at radius 2 is 1.75 bits per heavy atom. The Bertz CT molecular complexity index is 960. The highest BCUT2D eigenvalue weighted by Crippen LogP contribution is 2.30. The number of hydrogen-bond donors (Lipinski definition) is 2. The van der Waals surface area contributed by atoms with E-state index >= 15 is 0 Å². The number of hydrogen-bond acceptors (Lipinski definition) is 3. The molecule has 0 spiro atoms. The molecular weight excluding hydrogens is 395 g/mol. The van der Waals surface area contributed by atoms with Crippen LogP contribution in [0.5, 0.6) is 0 Å². The van der Waals surface area contributed by atoms with Crippen molar-refractivity contribution in [2.45, 2.75) is 12.6 Å². The highest BCUT2D eigenvalue weighted by molar-refractivity contribution is 7.92. The molecule has 0 saturated heterocycles. The molecule has 0 bridgehead atoms. The zero-order chi connectivity index (χ0) is 20.4. The van der Waals surface area contributed by atoms with Crippen LogP contribution in [0.3, 0.4) is 0 Å². The summed E-state index contributed by atoms with van der Waals surface area (Å²) >= 11 is 0. The maximum atomic E-state index is 12.5. The summed E-state index contributed by atoms with van der Waals surface area (Å²) in [6, 6.07) is 10.5. The van der Waals surface area contributed by atoms with Gasteiger partial charge in [0.15, 0.2) is 0 Å². The lowest BCUT2D eigenvalue weighted by atomic mass is 10.2. The minimum absolute atomic E-state index is 0.131. The number of halogens is 3. The third kappa shape index (κ3) is 4.56. The highest BCUT2D eigenvalue weighted by atomic mass is 32.2. The Balaban J connectivity index is 1.51. The summed E-state index contributed by atoms with van der Waals surface area (Å²) in [5.41, 5.74) is 0.952. The topological polar surface area (TPSA) is 78.5 Å². The number of urea groups is 1. The smallest absolute Gasteiger partial charge is 0.337 e. The summed E-state index contributed by atoms with van der Waals surface area (Å²) in [5, 5.41) is 4.77. The van der Waals surface area contributed by atoms with E-state index in [1.165, 1.54) is 4.31 Å². The molecule has 28 heavy (non-hydrogen) atoms. The van der Waals surface area contributed by atoms with E-state index in [1.807, 2.05) is 12.1 Å². The number of alkyl halides is 3. The van der Waals surface area contributed by atoms with Crippen LogP contribution < -0.4 is 14.9 Å².